The minimum absolute atomic E-state index is 0.191. The lowest BCUT2D eigenvalue weighted by atomic mass is 10.3. The van der Waals surface area contributed by atoms with Crippen molar-refractivity contribution in [3.8, 4) is 0 Å². The van der Waals surface area contributed by atoms with Crippen LogP contribution in [0.3, 0.4) is 0 Å². The lowest BCUT2D eigenvalue weighted by molar-refractivity contribution is 0.585. The summed E-state index contributed by atoms with van der Waals surface area (Å²) in [6, 6.07) is 4.49. The second-order valence-electron chi connectivity index (χ2n) is 3.71. The summed E-state index contributed by atoms with van der Waals surface area (Å²) in [6.45, 7) is 4.10. The first-order valence-corrected chi connectivity index (χ1v) is 7.56. The van der Waals surface area contributed by atoms with Crippen LogP contribution in [0.15, 0.2) is 39.2 Å². The van der Waals surface area contributed by atoms with Gasteiger partial charge in [-0.1, -0.05) is 23.3 Å². The molecule has 0 unspecified atom stereocenters. The molecule has 0 aliphatic rings. The number of hydrogen-bond acceptors (Lipinski definition) is 2. The van der Waals surface area contributed by atoms with Crippen LogP contribution in [0.2, 0.25) is 5.02 Å². The molecule has 1 N–H and O–H groups in total. The molecular weight excluding hydrogens is 326 g/mol. The fourth-order valence-corrected chi connectivity index (χ4v) is 2.72. The molecule has 1 aromatic carbocycles. The SMILES string of the molecule is CC(C)=CCNS(=O)(=O)c1ccc(Cl)c(Br)c1. The molecule has 0 amide bonds. The summed E-state index contributed by atoms with van der Waals surface area (Å²) in [5.41, 5.74) is 1.06. The predicted molar refractivity (Wildman–Crippen MR) is 73.8 cm³/mol. The van der Waals surface area contributed by atoms with E-state index in [0.29, 0.717) is 9.50 Å². The zero-order chi connectivity index (χ0) is 13.1. The normalized spacial score (nSPS) is 11.3. The Hall–Kier alpha value is -0.360. The van der Waals surface area contributed by atoms with Crippen LogP contribution in [-0.4, -0.2) is 15.0 Å². The summed E-state index contributed by atoms with van der Waals surface area (Å²) in [5.74, 6) is 0. The van der Waals surface area contributed by atoms with Gasteiger partial charge in [0.05, 0.1) is 9.92 Å². The maximum Gasteiger partial charge on any atom is 0.240 e. The van der Waals surface area contributed by atoms with E-state index in [1.54, 1.807) is 6.07 Å². The average Bonchev–Trinajstić information content (AvgIpc) is 2.21. The van der Waals surface area contributed by atoms with Gasteiger partial charge in [-0.25, -0.2) is 13.1 Å². The Morgan fingerprint density at radius 3 is 2.65 bits per heavy atom. The van der Waals surface area contributed by atoms with Gasteiger partial charge in [0.15, 0.2) is 0 Å². The monoisotopic (exact) mass is 337 g/mol. The van der Waals surface area contributed by atoms with Gasteiger partial charge >= 0.3 is 0 Å². The minimum Gasteiger partial charge on any atom is -0.207 e. The van der Waals surface area contributed by atoms with Crippen molar-refractivity contribution < 1.29 is 8.42 Å². The Bertz CT molecular complexity index is 536. The third-order valence-corrected chi connectivity index (χ3v) is 4.62. The Labute approximate surface area is 115 Å². The van der Waals surface area contributed by atoms with E-state index in [0.717, 1.165) is 5.57 Å². The summed E-state index contributed by atoms with van der Waals surface area (Å²) >= 11 is 9.00. The van der Waals surface area contributed by atoms with Crippen LogP contribution in [0.25, 0.3) is 0 Å². The standard InChI is InChI=1S/C11H13BrClNO2S/c1-8(2)5-6-14-17(15,16)9-3-4-11(13)10(12)7-9/h3-5,7,14H,6H2,1-2H3. The van der Waals surface area contributed by atoms with Crippen LogP contribution >= 0.6 is 27.5 Å². The first-order chi connectivity index (χ1) is 7.83. The lowest BCUT2D eigenvalue weighted by Crippen LogP contribution is -2.23. The van der Waals surface area contributed by atoms with E-state index in [4.69, 9.17) is 11.6 Å². The van der Waals surface area contributed by atoms with Crippen molar-refractivity contribution in [1.29, 1.82) is 0 Å². The molecule has 0 aliphatic heterocycles. The molecule has 0 aliphatic carbocycles. The largest absolute Gasteiger partial charge is 0.240 e. The van der Waals surface area contributed by atoms with E-state index in [-0.39, 0.29) is 11.4 Å². The maximum atomic E-state index is 11.9. The smallest absolute Gasteiger partial charge is 0.207 e. The Morgan fingerprint density at radius 2 is 2.12 bits per heavy atom. The van der Waals surface area contributed by atoms with Crippen LogP contribution in [0.1, 0.15) is 13.8 Å². The Morgan fingerprint density at radius 1 is 1.47 bits per heavy atom. The van der Waals surface area contributed by atoms with Gasteiger partial charge in [-0.3, -0.25) is 0 Å². The molecule has 94 valence electrons. The predicted octanol–water partition coefficient (Wildman–Crippen LogP) is 3.35. The highest BCUT2D eigenvalue weighted by Gasteiger charge is 2.13. The zero-order valence-corrected chi connectivity index (χ0v) is 12.7. The molecule has 0 spiro atoms. The van der Waals surface area contributed by atoms with E-state index in [9.17, 15) is 8.42 Å². The molecule has 1 rings (SSSR count). The number of benzene rings is 1. The van der Waals surface area contributed by atoms with Crippen molar-refractivity contribution in [2.75, 3.05) is 6.54 Å². The molecule has 17 heavy (non-hydrogen) atoms. The van der Waals surface area contributed by atoms with Crippen molar-refractivity contribution >= 4 is 37.6 Å². The molecule has 1 aromatic rings. The summed E-state index contributed by atoms with van der Waals surface area (Å²) in [5, 5.41) is 0.480. The first kappa shape index (κ1) is 14.7. The van der Waals surface area contributed by atoms with Crippen molar-refractivity contribution in [1.82, 2.24) is 4.72 Å². The van der Waals surface area contributed by atoms with Gasteiger partial charge in [0, 0.05) is 11.0 Å². The molecule has 0 atom stereocenters. The first-order valence-electron chi connectivity index (χ1n) is 4.91. The van der Waals surface area contributed by atoms with Crippen LogP contribution in [0.5, 0.6) is 0 Å². The van der Waals surface area contributed by atoms with Gasteiger partial charge in [-0.15, -0.1) is 0 Å². The number of sulfonamides is 1. The summed E-state index contributed by atoms with van der Waals surface area (Å²) < 4.78 is 26.8. The van der Waals surface area contributed by atoms with Crippen LogP contribution in [-0.2, 0) is 10.0 Å². The molecule has 3 nitrogen and oxygen atoms in total. The Balaban J connectivity index is 2.90. The molecule has 0 bridgehead atoms. The van der Waals surface area contributed by atoms with E-state index < -0.39 is 10.0 Å². The number of halogens is 2. The van der Waals surface area contributed by atoms with Gasteiger partial charge in [-0.05, 0) is 48.0 Å². The molecule has 0 fully saturated rings. The fourth-order valence-electron chi connectivity index (χ4n) is 1.08. The van der Waals surface area contributed by atoms with Crippen molar-refractivity contribution in [3.63, 3.8) is 0 Å². The van der Waals surface area contributed by atoms with Crippen LogP contribution < -0.4 is 4.72 Å². The third-order valence-electron chi connectivity index (χ3n) is 1.99. The minimum atomic E-state index is -3.48. The summed E-state index contributed by atoms with van der Waals surface area (Å²) in [4.78, 5) is 0.191. The topological polar surface area (TPSA) is 46.2 Å². The van der Waals surface area contributed by atoms with Crippen molar-refractivity contribution in [2.45, 2.75) is 18.7 Å². The van der Waals surface area contributed by atoms with E-state index >= 15 is 0 Å². The molecule has 0 radical (unpaired) electrons. The molecule has 0 heterocycles. The maximum absolute atomic E-state index is 11.9. The second-order valence-corrected chi connectivity index (χ2v) is 6.74. The third kappa shape index (κ3) is 4.43. The molecular formula is C11H13BrClNO2S. The van der Waals surface area contributed by atoms with Crippen LogP contribution in [0.4, 0.5) is 0 Å². The highest BCUT2D eigenvalue weighted by molar-refractivity contribution is 9.10. The van der Waals surface area contributed by atoms with E-state index in [1.165, 1.54) is 12.1 Å². The highest BCUT2D eigenvalue weighted by Crippen LogP contribution is 2.25. The highest BCUT2D eigenvalue weighted by atomic mass is 79.9. The van der Waals surface area contributed by atoms with Gasteiger partial charge < -0.3 is 0 Å². The van der Waals surface area contributed by atoms with E-state index in [1.807, 2.05) is 19.9 Å². The van der Waals surface area contributed by atoms with Gasteiger partial charge in [0.1, 0.15) is 0 Å². The van der Waals surface area contributed by atoms with Gasteiger partial charge in [0.25, 0.3) is 0 Å². The lowest BCUT2D eigenvalue weighted by Gasteiger charge is -2.06. The molecule has 6 heteroatoms. The Kier molecular flexibility index (Phi) is 5.19. The van der Waals surface area contributed by atoms with Gasteiger partial charge in [0.2, 0.25) is 10.0 Å². The summed E-state index contributed by atoms with van der Waals surface area (Å²) in [6.07, 6.45) is 1.81. The van der Waals surface area contributed by atoms with Crippen molar-refractivity contribution in [3.05, 3.63) is 39.3 Å². The fraction of sp³-hybridized carbons (Fsp3) is 0.273. The number of nitrogens with one attached hydrogen (secondary N) is 1. The average molecular weight is 339 g/mol. The quantitative estimate of drug-likeness (QED) is 0.856. The van der Waals surface area contributed by atoms with Crippen molar-refractivity contribution in [2.24, 2.45) is 0 Å². The molecule has 0 aromatic heterocycles. The number of allylic oxidation sites excluding steroid dienone is 1. The van der Waals surface area contributed by atoms with Crippen LogP contribution in [0, 0.1) is 0 Å². The number of hydrogen-bond donors (Lipinski definition) is 1. The van der Waals surface area contributed by atoms with E-state index in [2.05, 4.69) is 20.7 Å². The zero-order valence-electron chi connectivity index (χ0n) is 9.50. The molecule has 0 saturated heterocycles. The van der Waals surface area contributed by atoms with Gasteiger partial charge in [-0.2, -0.15) is 0 Å². The second kappa shape index (κ2) is 6.00. The summed E-state index contributed by atoms with van der Waals surface area (Å²) in [7, 11) is -3.48. The molecule has 0 saturated carbocycles. The number of rotatable bonds is 4.